The molecular formula is C14H27ClN2O. The van der Waals surface area contributed by atoms with Gasteiger partial charge in [-0.25, -0.2) is 0 Å². The highest BCUT2D eigenvalue weighted by atomic mass is 35.5. The minimum Gasteiger partial charge on any atom is -0.374 e. The lowest BCUT2D eigenvalue weighted by Crippen LogP contribution is -2.47. The maximum Gasteiger partial charge on any atom is 0.0826 e. The summed E-state index contributed by atoms with van der Waals surface area (Å²) in [6.07, 6.45) is 5.39. The van der Waals surface area contributed by atoms with Crippen LogP contribution in [0.25, 0.3) is 0 Å². The average Bonchev–Trinajstić information content (AvgIpc) is 2.39. The van der Waals surface area contributed by atoms with Gasteiger partial charge in [-0.15, -0.1) is 11.6 Å². The lowest BCUT2D eigenvalue weighted by molar-refractivity contribution is -0.0256. The van der Waals surface area contributed by atoms with Gasteiger partial charge in [0.1, 0.15) is 0 Å². The smallest absolute Gasteiger partial charge is 0.0826 e. The molecule has 0 bridgehead atoms. The molecule has 0 aromatic rings. The third kappa shape index (κ3) is 4.69. The monoisotopic (exact) mass is 274 g/mol. The molecular weight excluding hydrogens is 248 g/mol. The molecule has 1 saturated heterocycles. The number of ether oxygens (including phenoxy) is 1. The van der Waals surface area contributed by atoms with Gasteiger partial charge in [-0.2, -0.15) is 0 Å². The van der Waals surface area contributed by atoms with E-state index in [0.717, 1.165) is 45.2 Å². The van der Waals surface area contributed by atoms with Crippen LogP contribution in [0.4, 0.5) is 0 Å². The fourth-order valence-electron chi connectivity index (χ4n) is 3.05. The van der Waals surface area contributed by atoms with Crippen LogP contribution < -0.4 is 5.32 Å². The molecule has 1 N–H and O–H groups in total. The molecule has 1 aliphatic carbocycles. The third-order valence-corrected chi connectivity index (χ3v) is 4.59. The van der Waals surface area contributed by atoms with Gasteiger partial charge in [0, 0.05) is 25.0 Å². The molecule has 18 heavy (non-hydrogen) atoms. The number of alkyl halides is 1. The minimum absolute atomic E-state index is 0.370. The number of nitrogens with one attached hydrogen (secondary N) is 1. The first-order chi connectivity index (χ1) is 8.78. The Labute approximate surface area is 116 Å². The number of rotatable bonds is 5. The van der Waals surface area contributed by atoms with Gasteiger partial charge in [-0.05, 0) is 38.3 Å². The number of halogens is 1. The number of hydrogen-bond donors (Lipinski definition) is 1. The van der Waals surface area contributed by atoms with Gasteiger partial charge in [-0.3, -0.25) is 4.90 Å². The van der Waals surface area contributed by atoms with E-state index in [9.17, 15) is 0 Å². The van der Waals surface area contributed by atoms with Gasteiger partial charge in [0.2, 0.25) is 0 Å². The summed E-state index contributed by atoms with van der Waals surface area (Å²) in [5, 5.41) is 3.99. The number of nitrogens with zero attached hydrogens (tertiary/aromatic N) is 1. The zero-order valence-electron chi connectivity index (χ0n) is 11.5. The topological polar surface area (TPSA) is 24.5 Å². The van der Waals surface area contributed by atoms with Gasteiger partial charge >= 0.3 is 0 Å². The molecule has 1 saturated carbocycles. The second kappa shape index (κ2) is 7.68. The van der Waals surface area contributed by atoms with Gasteiger partial charge in [0.25, 0.3) is 0 Å². The first-order valence-electron chi connectivity index (χ1n) is 7.46. The summed E-state index contributed by atoms with van der Waals surface area (Å²) in [4.78, 5) is 2.46. The molecule has 0 spiro atoms. The normalized spacial score (nSPS) is 34.7. The number of likely N-dealkylation sites (N-methyl/N-ethyl adjacent to an activating group) is 1. The molecule has 3 nitrogen and oxygen atoms in total. The fraction of sp³-hybridized carbons (Fsp3) is 1.00. The lowest BCUT2D eigenvalue weighted by Gasteiger charge is -2.33. The maximum atomic E-state index is 6.22. The van der Waals surface area contributed by atoms with E-state index in [1.807, 2.05) is 0 Å². The van der Waals surface area contributed by atoms with Gasteiger partial charge in [0.05, 0.1) is 12.7 Å². The molecule has 1 heterocycles. The van der Waals surface area contributed by atoms with Crippen molar-refractivity contribution in [2.75, 3.05) is 39.3 Å². The van der Waals surface area contributed by atoms with Crippen molar-refractivity contribution in [2.24, 2.45) is 5.92 Å². The SMILES string of the molecule is CCN1CCOC(CNCC2CCCC(Cl)C2)C1. The fourth-order valence-corrected chi connectivity index (χ4v) is 3.46. The van der Waals surface area contributed by atoms with Crippen molar-refractivity contribution in [1.82, 2.24) is 10.2 Å². The van der Waals surface area contributed by atoms with Crippen LogP contribution in [0.15, 0.2) is 0 Å². The van der Waals surface area contributed by atoms with Crippen LogP contribution in [0.5, 0.6) is 0 Å². The molecule has 0 aromatic heterocycles. The maximum absolute atomic E-state index is 6.22. The van der Waals surface area contributed by atoms with E-state index < -0.39 is 0 Å². The highest BCUT2D eigenvalue weighted by molar-refractivity contribution is 6.20. The van der Waals surface area contributed by atoms with Crippen molar-refractivity contribution < 1.29 is 4.74 Å². The Morgan fingerprint density at radius 3 is 3.00 bits per heavy atom. The van der Waals surface area contributed by atoms with Crippen LogP contribution in [0.3, 0.4) is 0 Å². The van der Waals surface area contributed by atoms with Crippen LogP contribution in [-0.2, 0) is 4.74 Å². The number of morpholine rings is 1. The Kier molecular flexibility index (Phi) is 6.22. The molecule has 4 heteroatoms. The van der Waals surface area contributed by atoms with Crippen LogP contribution in [-0.4, -0.2) is 55.7 Å². The second-order valence-electron chi connectivity index (χ2n) is 5.67. The molecule has 0 radical (unpaired) electrons. The summed E-state index contributed by atoms with van der Waals surface area (Å²) in [6, 6.07) is 0. The van der Waals surface area contributed by atoms with Crippen molar-refractivity contribution in [1.29, 1.82) is 0 Å². The molecule has 2 aliphatic rings. The number of hydrogen-bond acceptors (Lipinski definition) is 3. The van der Waals surface area contributed by atoms with Crippen LogP contribution >= 0.6 is 11.6 Å². The Morgan fingerprint density at radius 2 is 2.22 bits per heavy atom. The molecule has 2 fully saturated rings. The summed E-state index contributed by atoms with van der Waals surface area (Å²) in [5.74, 6) is 0.770. The quantitative estimate of drug-likeness (QED) is 0.777. The standard InChI is InChI=1S/C14H27ClN2O/c1-2-17-6-7-18-14(11-17)10-16-9-12-4-3-5-13(15)8-12/h12-14,16H,2-11H2,1H3. The van der Waals surface area contributed by atoms with Crippen LogP contribution in [0.1, 0.15) is 32.6 Å². The third-order valence-electron chi connectivity index (χ3n) is 4.19. The van der Waals surface area contributed by atoms with Crippen molar-refractivity contribution in [3.63, 3.8) is 0 Å². The Hall–Kier alpha value is 0.170. The first-order valence-corrected chi connectivity index (χ1v) is 7.90. The zero-order valence-corrected chi connectivity index (χ0v) is 12.3. The van der Waals surface area contributed by atoms with E-state index >= 15 is 0 Å². The molecule has 1 aliphatic heterocycles. The molecule has 0 aromatic carbocycles. The zero-order chi connectivity index (χ0) is 12.8. The Bertz CT molecular complexity index is 240. The molecule has 0 amide bonds. The molecule has 2 rings (SSSR count). The predicted molar refractivity (Wildman–Crippen MR) is 76.3 cm³/mol. The summed E-state index contributed by atoms with van der Waals surface area (Å²) in [6.45, 7) is 8.49. The molecule has 3 unspecified atom stereocenters. The van der Waals surface area contributed by atoms with Crippen molar-refractivity contribution in [3.8, 4) is 0 Å². The highest BCUT2D eigenvalue weighted by Crippen LogP contribution is 2.27. The summed E-state index contributed by atoms with van der Waals surface area (Å²) < 4.78 is 5.79. The summed E-state index contributed by atoms with van der Waals surface area (Å²) >= 11 is 6.22. The largest absolute Gasteiger partial charge is 0.374 e. The summed E-state index contributed by atoms with van der Waals surface area (Å²) in [5.41, 5.74) is 0. The van der Waals surface area contributed by atoms with Gasteiger partial charge < -0.3 is 10.1 Å². The van der Waals surface area contributed by atoms with E-state index in [2.05, 4.69) is 17.1 Å². The van der Waals surface area contributed by atoms with Crippen LogP contribution in [0.2, 0.25) is 0 Å². The van der Waals surface area contributed by atoms with Crippen molar-refractivity contribution >= 4 is 11.6 Å². The van der Waals surface area contributed by atoms with Gasteiger partial charge in [0.15, 0.2) is 0 Å². The Morgan fingerprint density at radius 1 is 1.33 bits per heavy atom. The van der Waals surface area contributed by atoms with E-state index in [1.54, 1.807) is 0 Å². The minimum atomic E-state index is 0.370. The van der Waals surface area contributed by atoms with Crippen LogP contribution in [0, 0.1) is 5.92 Å². The second-order valence-corrected chi connectivity index (χ2v) is 6.29. The van der Waals surface area contributed by atoms with Crippen molar-refractivity contribution in [2.45, 2.75) is 44.1 Å². The molecule has 3 atom stereocenters. The average molecular weight is 275 g/mol. The lowest BCUT2D eigenvalue weighted by atomic mass is 9.89. The Balaban J connectivity index is 1.59. The van der Waals surface area contributed by atoms with E-state index in [1.165, 1.54) is 25.7 Å². The first kappa shape index (κ1) is 14.6. The van der Waals surface area contributed by atoms with E-state index in [0.29, 0.717) is 11.5 Å². The highest BCUT2D eigenvalue weighted by Gasteiger charge is 2.22. The predicted octanol–water partition coefficient (Wildman–Crippen LogP) is 2.09. The van der Waals surface area contributed by atoms with E-state index in [-0.39, 0.29) is 0 Å². The van der Waals surface area contributed by atoms with Gasteiger partial charge in [-0.1, -0.05) is 13.3 Å². The van der Waals surface area contributed by atoms with E-state index in [4.69, 9.17) is 16.3 Å². The van der Waals surface area contributed by atoms with Crippen molar-refractivity contribution in [3.05, 3.63) is 0 Å². The molecule has 106 valence electrons. The summed E-state index contributed by atoms with van der Waals surface area (Å²) in [7, 11) is 0.